The van der Waals surface area contributed by atoms with Crippen LogP contribution in [-0.4, -0.2) is 25.1 Å². The van der Waals surface area contributed by atoms with Crippen LogP contribution in [0, 0.1) is 23.5 Å². The molecule has 0 amide bonds. The number of anilines is 1. The molecular formula is C17H19N3O. The normalized spacial score (nSPS) is 33.5. The molecule has 4 heteroatoms. The maximum atomic E-state index is 13.5. The van der Waals surface area contributed by atoms with Crippen molar-refractivity contribution in [1.29, 1.82) is 0 Å². The smallest absolute Gasteiger partial charge is 0.311 e. The van der Waals surface area contributed by atoms with Gasteiger partial charge in [0.15, 0.2) is 5.69 Å². The summed E-state index contributed by atoms with van der Waals surface area (Å²) in [7, 11) is 0. The van der Waals surface area contributed by atoms with E-state index in [4.69, 9.17) is 11.4 Å². The summed E-state index contributed by atoms with van der Waals surface area (Å²) in [5.41, 5.74) is 1.73. The van der Waals surface area contributed by atoms with Gasteiger partial charge in [-0.2, -0.15) is 0 Å². The Morgan fingerprint density at radius 2 is 2.14 bits per heavy atom. The number of guanidine groups is 1. The minimum absolute atomic E-state index is 0.309. The highest BCUT2D eigenvalue weighted by Gasteiger charge is 2.49. The largest absolute Gasteiger partial charge is 0.619 e. The summed E-state index contributed by atoms with van der Waals surface area (Å²) in [6, 6.07) is 8.11. The Morgan fingerprint density at radius 3 is 3.00 bits per heavy atom. The van der Waals surface area contributed by atoms with Crippen LogP contribution < -0.4 is 9.55 Å². The molecule has 0 saturated heterocycles. The third-order valence-corrected chi connectivity index (χ3v) is 5.02. The van der Waals surface area contributed by atoms with Gasteiger partial charge < -0.3 is 5.21 Å². The number of nitrogens with zero attached hydrogens (tertiary/aromatic N) is 3. The van der Waals surface area contributed by atoms with E-state index in [1.54, 1.807) is 0 Å². The van der Waals surface area contributed by atoms with Gasteiger partial charge in [-0.05, 0) is 18.9 Å². The molecule has 0 radical (unpaired) electrons. The van der Waals surface area contributed by atoms with E-state index in [2.05, 4.69) is 5.92 Å². The molecule has 3 unspecified atom stereocenters. The van der Waals surface area contributed by atoms with E-state index in [0.29, 0.717) is 31.0 Å². The molecule has 2 heterocycles. The summed E-state index contributed by atoms with van der Waals surface area (Å²) in [5.74, 6) is 3.69. The third-order valence-electron chi connectivity index (χ3n) is 5.02. The molecule has 0 spiro atoms. The second-order valence-corrected chi connectivity index (χ2v) is 6.24. The van der Waals surface area contributed by atoms with Gasteiger partial charge in [-0.25, -0.2) is 4.99 Å². The summed E-state index contributed by atoms with van der Waals surface area (Å²) in [6.45, 7) is 1.02. The molecule has 0 N–H and O–H groups in total. The molecule has 1 saturated carbocycles. The standard InChI is InChI=1S/C17H19N3O/c1-2-11-19-15-9-5-6-10-16(15)20(21)12-13-7-3-4-8-14(13)18-17(19)20/h1,5-6,9-10,13-14H,3-4,7-8,11-12H2. The van der Waals surface area contributed by atoms with Crippen molar-refractivity contribution in [2.75, 3.05) is 18.0 Å². The Morgan fingerprint density at radius 1 is 1.33 bits per heavy atom. The van der Waals surface area contributed by atoms with Gasteiger partial charge in [0, 0.05) is 12.0 Å². The molecule has 2 aliphatic heterocycles. The number of quaternary nitrogens is 1. The zero-order valence-corrected chi connectivity index (χ0v) is 12.0. The van der Waals surface area contributed by atoms with Crippen LogP contribution >= 0.6 is 0 Å². The Balaban J connectivity index is 1.86. The van der Waals surface area contributed by atoms with Crippen LogP contribution in [0.4, 0.5) is 11.4 Å². The van der Waals surface area contributed by atoms with E-state index in [1.807, 2.05) is 29.2 Å². The van der Waals surface area contributed by atoms with Gasteiger partial charge in [0.05, 0.1) is 19.1 Å². The fraction of sp³-hybridized carbons (Fsp3) is 0.471. The van der Waals surface area contributed by atoms with Gasteiger partial charge in [-0.15, -0.1) is 6.42 Å². The third kappa shape index (κ3) is 1.75. The number of terminal acetylenes is 1. The SMILES string of the molecule is C#CCN1C2=NC3CCCCC3C[N+]2([O-])c2ccccc21. The fourth-order valence-electron chi connectivity index (χ4n) is 4.05. The first-order valence-electron chi connectivity index (χ1n) is 7.72. The van der Waals surface area contributed by atoms with Crippen molar-refractivity contribution in [1.82, 2.24) is 4.65 Å². The van der Waals surface area contributed by atoms with Crippen molar-refractivity contribution >= 4 is 17.3 Å². The number of hydrogen-bond donors (Lipinski definition) is 0. The average molecular weight is 281 g/mol. The minimum Gasteiger partial charge on any atom is -0.619 e. The highest BCUT2D eigenvalue weighted by molar-refractivity contribution is 6.13. The molecule has 4 nitrogen and oxygen atoms in total. The Labute approximate surface area is 125 Å². The predicted octanol–water partition coefficient (Wildman–Crippen LogP) is 2.87. The number of hydroxylamine groups is 2. The average Bonchev–Trinajstić information content (AvgIpc) is 2.75. The van der Waals surface area contributed by atoms with Crippen LogP contribution in [0.25, 0.3) is 0 Å². The lowest BCUT2D eigenvalue weighted by molar-refractivity contribution is 0.251. The van der Waals surface area contributed by atoms with Crippen LogP contribution in [0.3, 0.4) is 0 Å². The number of fused-ring (bicyclic) bond motifs is 4. The molecule has 108 valence electrons. The predicted molar refractivity (Wildman–Crippen MR) is 85.8 cm³/mol. The number of benzene rings is 1. The molecule has 1 fully saturated rings. The molecule has 1 aromatic rings. The van der Waals surface area contributed by atoms with Crippen LogP contribution in [0.2, 0.25) is 0 Å². The quantitative estimate of drug-likeness (QED) is 0.451. The molecule has 3 aliphatic rings. The van der Waals surface area contributed by atoms with Gasteiger partial charge in [0.25, 0.3) is 0 Å². The van der Waals surface area contributed by atoms with Crippen molar-refractivity contribution in [3.63, 3.8) is 0 Å². The van der Waals surface area contributed by atoms with Gasteiger partial charge >= 0.3 is 5.96 Å². The van der Waals surface area contributed by atoms with Crippen LogP contribution in [0.5, 0.6) is 0 Å². The first-order valence-corrected chi connectivity index (χ1v) is 7.72. The van der Waals surface area contributed by atoms with Crippen molar-refractivity contribution in [2.45, 2.75) is 31.7 Å². The van der Waals surface area contributed by atoms with Crippen LogP contribution in [0.1, 0.15) is 25.7 Å². The molecule has 1 aliphatic carbocycles. The zero-order valence-electron chi connectivity index (χ0n) is 12.0. The van der Waals surface area contributed by atoms with Gasteiger partial charge in [-0.1, -0.05) is 30.9 Å². The van der Waals surface area contributed by atoms with Crippen LogP contribution in [-0.2, 0) is 0 Å². The minimum atomic E-state index is -0.418. The second-order valence-electron chi connectivity index (χ2n) is 6.24. The van der Waals surface area contributed by atoms with Crippen LogP contribution in [0.15, 0.2) is 29.3 Å². The van der Waals surface area contributed by atoms with E-state index < -0.39 is 4.65 Å². The summed E-state index contributed by atoms with van der Waals surface area (Å²) >= 11 is 0. The second kappa shape index (κ2) is 4.59. The number of para-hydroxylation sites is 2. The number of rotatable bonds is 1. The van der Waals surface area contributed by atoms with Gasteiger partial charge in [-0.3, -0.25) is 9.55 Å². The fourth-order valence-corrected chi connectivity index (χ4v) is 4.05. The lowest BCUT2D eigenvalue weighted by Crippen LogP contribution is -2.59. The first-order chi connectivity index (χ1) is 10.2. The monoisotopic (exact) mass is 281 g/mol. The Hall–Kier alpha value is -1.83. The molecule has 0 bridgehead atoms. The topological polar surface area (TPSA) is 38.7 Å². The Kier molecular flexibility index (Phi) is 2.81. The van der Waals surface area contributed by atoms with E-state index >= 15 is 0 Å². The van der Waals surface area contributed by atoms with Gasteiger partial charge in [0.2, 0.25) is 0 Å². The molecule has 1 aromatic carbocycles. The van der Waals surface area contributed by atoms with E-state index in [9.17, 15) is 5.21 Å². The van der Waals surface area contributed by atoms with Gasteiger partial charge in [0.1, 0.15) is 5.69 Å². The first kappa shape index (κ1) is 12.9. The summed E-state index contributed by atoms with van der Waals surface area (Å²) in [5, 5.41) is 13.5. The molecule has 0 aromatic heterocycles. The maximum Gasteiger partial charge on any atom is 0.311 e. The number of aliphatic imine (C=N–C) groups is 1. The number of hydrogen-bond acceptors (Lipinski definition) is 3. The van der Waals surface area contributed by atoms with E-state index in [-0.39, 0.29) is 0 Å². The highest BCUT2D eigenvalue weighted by Crippen LogP contribution is 2.46. The molecule has 3 atom stereocenters. The van der Waals surface area contributed by atoms with Crippen molar-refractivity contribution < 1.29 is 0 Å². The summed E-state index contributed by atoms with van der Waals surface area (Å²) in [4.78, 5) is 6.80. The lowest BCUT2D eigenvalue weighted by atomic mass is 9.83. The molecule has 4 rings (SSSR count). The zero-order chi connectivity index (χ0) is 14.4. The Bertz CT molecular complexity index is 648. The van der Waals surface area contributed by atoms with Crippen molar-refractivity contribution in [2.24, 2.45) is 10.9 Å². The van der Waals surface area contributed by atoms with Crippen molar-refractivity contribution in [3.05, 3.63) is 29.5 Å². The maximum absolute atomic E-state index is 13.5. The van der Waals surface area contributed by atoms with E-state index in [0.717, 1.165) is 24.2 Å². The highest BCUT2D eigenvalue weighted by atomic mass is 16.6. The lowest BCUT2D eigenvalue weighted by Gasteiger charge is -2.46. The molecule has 21 heavy (non-hydrogen) atoms. The summed E-state index contributed by atoms with van der Waals surface area (Å²) < 4.78 is -0.418. The molecular weight excluding hydrogens is 262 g/mol. The van der Waals surface area contributed by atoms with Crippen molar-refractivity contribution in [3.8, 4) is 12.3 Å². The summed E-state index contributed by atoms with van der Waals surface area (Å²) in [6.07, 6.45) is 10.2. The van der Waals surface area contributed by atoms with E-state index in [1.165, 1.54) is 12.8 Å².